The van der Waals surface area contributed by atoms with Gasteiger partial charge in [0.1, 0.15) is 23.4 Å². The molecule has 2 aliphatic carbocycles. The first-order valence-electron chi connectivity index (χ1n) is 18.4. The van der Waals surface area contributed by atoms with E-state index in [-0.39, 0.29) is 44.6 Å². The van der Waals surface area contributed by atoms with Gasteiger partial charge in [0, 0.05) is 17.4 Å². The molecule has 5 atom stereocenters. The first-order valence-corrected chi connectivity index (χ1v) is 19.9. The molecule has 3 aliphatic heterocycles. The Morgan fingerprint density at radius 3 is 2.65 bits per heavy atom. The largest absolute Gasteiger partial charge is 0.483 e. The minimum Gasteiger partial charge on any atom is -0.483 e. The summed E-state index contributed by atoms with van der Waals surface area (Å²) in [6.07, 6.45) is 3.54. The van der Waals surface area contributed by atoms with E-state index in [1.807, 2.05) is 6.08 Å². The van der Waals surface area contributed by atoms with Crippen LogP contribution in [0.25, 0.3) is 10.9 Å². The Bertz CT molecular complexity index is 2100. The van der Waals surface area contributed by atoms with Gasteiger partial charge in [-0.2, -0.15) is 0 Å². The SMILES string of the molecule is CCOC(=O)N[C@H]1CCCCC/C=C\[C@@H]2C#C[C@@]2(C(=O)NS(=O)(=O)C2(C)CC2)NC(=O)[C@@H]2C[C@]3(CCc4c(c(C(F)F)nc5ccccc45)O3)CN2C1=O. The molecule has 0 unspecified atom stereocenters. The number of aromatic nitrogens is 1. The number of nitrogens with zero attached hydrogens (tertiary/aromatic N) is 2. The van der Waals surface area contributed by atoms with Crippen molar-refractivity contribution in [1.29, 1.82) is 0 Å². The summed E-state index contributed by atoms with van der Waals surface area (Å²) in [6.45, 7) is 3.00. The number of carbonyl (C=O) groups is 4. The molecule has 0 bridgehead atoms. The fraction of sp³-hybridized carbons (Fsp3) is 0.553. The molecule has 1 aromatic carbocycles. The topological polar surface area (TPSA) is 173 Å². The molecule has 0 radical (unpaired) electrons. The fourth-order valence-electron chi connectivity index (χ4n) is 7.78. The molecule has 1 saturated carbocycles. The first kappa shape index (κ1) is 37.5. The highest BCUT2D eigenvalue weighted by Gasteiger charge is 2.58. The zero-order chi connectivity index (χ0) is 38.5. The van der Waals surface area contributed by atoms with Crippen molar-refractivity contribution < 1.29 is 45.9 Å². The summed E-state index contributed by atoms with van der Waals surface area (Å²) < 4.78 is 68.1. The van der Waals surface area contributed by atoms with Gasteiger partial charge in [0.25, 0.3) is 12.3 Å². The molecule has 288 valence electrons. The quantitative estimate of drug-likeness (QED) is 0.291. The van der Waals surface area contributed by atoms with Gasteiger partial charge in [-0.3, -0.25) is 14.4 Å². The molecular formula is C38H43F2N5O8S. The van der Waals surface area contributed by atoms with Crippen LogP contribution in [0.4, 0.5) is 13.6 Å². The number of fused-ring (bicyclic) bond motifs is 5. The second-order valence-electron chi connectivity index (χ2n) is 15.0. The predicted molar refractivity (Wildman–Crippen MR) is 192 cm³/mol. The number of ether oxygens (including phenoxy) is 2. The maximum absolute atomic E-state index is 14.6. The van der Waals surface area contributed by atoms with E-state index in [2.05, 4.69) is 32.2 Å². The molecule has 5 aliphatic rings. The lowest BCUT2D eigenvalue weighted by Gasteiger charge is -2.38. The van der Waals surface area contributed by atoms with Gasteiger partial charge in [-0.1, -0.05) is 55.0 Å². The van der Waals surface area contributed by atoms with E-state index in [4.69, 9.17) is 9.47 Å². The van der Waals surface area contributed by atoms with Crippen molar-refractivity contribution in [3.05, 3.63) is 47.7 Å². The number of hydrogen-bond donors (Lipinski definition) is 3. The second kappa shape index (κ2) is 14.1. The van der Waals surface area contributed by atoms with Crippen molar-refractivity contribution >= 4 is 44.7 Å². The summed E-state index contributed by atoms with van der Waals surface area (Å²) in [5, 5.41) is 6.01. The molecule has 3 N–H and O–H groups in total. The molecule has 16 heteroatoms. The maximum atomic E-state index is 14.6. The predicted octanol–water partition coefficient (Wildman–Crippen LogP) is 3.96. The van der Waals surface area contributed by atoms with E-state index < -0.39 is 79.8 Å². The zero-order valence-corrected chi connectivity index (χ0v) is 30.9. The summed E-state index contributed by atoms with van der Waals surface area (Å²) in [5.41, 5.74) is -2.93. The van der Waals surface area contributed by atoms with Crippen molar-refractivity contribution in [2.75, 3.05) is 13.2 Å². The standard InChI is InChI=1S/C38H43F2N5O8S/c1-3-52-35(49)42-27-14-8-6-4-5-7-11-23-15-18-38(23,34(48)44-54(50,51)36(2)19-20-36)43-32(46)28-21-37(22-45(28)33(27)47)17-16-25-24-12-9-10-13-26(24)41-29(31(39)40)30(25)53-37/h7,9-13,23,27-28,31H,3-6,8,14,16-17,19-22H2,1-2H3,(H,42,49)(H,43,46)(H,44,48)/b11-7-/t23-,27+,28+,37-,38-/m1/s1. The Balaban J connectivity index is 1.27. The van der Waals surface area contributed by atoms with E-state index >= 15 is 0 Å². The van der Waals surface area contributed by atoms with Crippen LogP contribution in [0.2, 0.25) is 0 Å². The van der Waals surface area contributed by atoms with E-state index in [0.717, 1.165) is 0 Å². The van der Waals surface area contributed by atoms with Gasteiger partial charge in [0.05, 0.1) is 29.3 Å². The van der Waals surface area contributed by atoms with Gasteiger partial charge in [-0.05, 0) is 64.9 Å². The molecule has 1 aromatic heterocycles. The molecular weight excluding hydrogens is 725 g/mol. The van der Waals surface area contributed by atoms with Crippen LogP contribution in [0.3, 0.4) is 0 Å². The van der Waals surface area contributed by atoms with Crippen LogP contribution >= 0.6 is 0 Å². The Morgan fingerprint density at radius 2 is 1.94 bits per heavy atom. The normalized spacial score (nSPS) is 29.4. The number of aryl methyl sites for hydroxylation is 1. The van der Waals surface area contributed by atoms with Gasteiger partial charge in [0.2, 0.25) is 21.8 Å². The van der Waals surface area contributed by atoms with E-state index in [0.29, 0.717) is 55.0 Å². The van der Waals surface area contributed by atoms with Gasteiger partial charge in [0.15, 0.2) is 11.3 Å². The summed E-state index contributed by atoms with van der Waals surface area (Å²) in [6, 6.07) is 4.47. The number of alkyl halides is 2. The monoisotopic (exact) mass is 767 g/mol. The van der Waals surface area contributed by atoms with Crippen molar-refractivity contribution in [2.24, 2.45) is 5.92 Å². The second-order valence-corrected chi connectivity index (χ2v) is 17.2. The van der Waals surface area contributed by atoms with Crippen LogP contribution in [0.5, 0.6) is 5.75 Å². The van der Waals surface area contributed by atoms with Crippen molar-refractivity contribution in [2.45, 2.75) is 112 Å². The van der Waals surface area contributed by atoms with Crippen LogP contribution in [-0.2, 0) is 35.6 Å². The number of nitrogens with one attached hydrogen (secondary N) is 3. The van der Waals surface area contributed by atoms with Crippen LogP contribution < -0.4 is 20.1 Å². The van der Waals surface area contributed by atoms with E-state index in [1.165, 1.54) is 11.8 Å². The van der Waals surface area contributed by atoms with E-state index in [9.17, 15) is 36.4 Å². The molecule has 2 fully saturated rings. The number of hydrogen-bond acceptors (Lipinski definition) is 9. The number of para-hydroxylation sites is 1. The minimum atomic E-state index is -4.12. The summed E-state index contributed by atoms with van der Waals surface area (Å²) in [5.74, 6) is 2.18. The lowest BCUT2D eigenvalue weighted by molar-refractivity contribution is -0.142. The van der Waals surface area contributed by atoms with Crippen LogP contribution in [0.1, 0.15) is 89.3 Å². The fourth-order valence-corrected chi connectivity index (χ4v) is 9.07. The van der Waals surface area contributed by atoms with Gasteiger partial charge in [-0.15, -0.1) is 0 Å². The molecule has 2 aromatic rings. The lowest BCUT2D eigenvalue weighted by atomic mass is 9.75. The summed E-state index contributed by atoms with van der Waals surface area (Å²) >= 11 is 0. The smallest absolute Gasteiger partial charge is 0.407 e. The number of pyridine rings is 1. The van der Waals surface area contributed by atoms with Crippen LogP contribution in [-0.4, -0.2) is 83.2 Å². The average molecular weight is 768 g/mol. The third kappa shape index (κ3) is 6.75. The number of allylic oxidation sites excluding steroid dienone is 1. The van der Waals surface area contributed by atoms with Crippen LogP contribution in [0.15, 0.2) is 36.4 Å². The van der Waals surface area contributed by atoms with E-state index in [1.54, 1.807) is 37.3 Å². The van der Waals surface area contributed by atoms with Gasteiger partial charge < -0.3 is 25.0 Å². The molecule has 7 rings (SSSR count). The molecule has 4 heterocycles. The van der Waals surface area contributed by atoms with Gasteiger partial charge >= 0.3 is 6.09 Å². The summed E-state index contributed by atoms with van der Waals surface area (Å²) in [7, 11) is -4.12. The molecule has 54 heavy (non-hydrogen) atoms. The molecule has 1 saturated heterocycles. The highest BCUT2D eigenvalue weighted by molar-refractivity contribution is 7.91. The number of rotatable bonds is 6. The minimum absolute atomic E-state index is 0.0561. The first-order chi connectivity index (χ1) is 25.7. The molecule has 13 nitrogen and oxygen atoms in total. The van der Waals surface area contributed by atoms with Crippen molar-refractivity contribution in [1.82, 2.24) is 25.2 Å². The highest BCUT2D eigenvalue weighted by Crippen LogP contribution is 2.47. The average Bonchev–Trinajstić information content (AvgIpc) is 3.79. The zero-order valence-electron chi connectivity index (χ0n) is 30.1. The number of amides is 4. The number of carbonyl (C=O) groups excluding carboxylic acids is 4. The maximum Gasteiger partial charge on any atom is 0.407 e. The van der Waals surface area contributed by atoms with Gasteiger partial charge in [-0.25, -0.2) is 31.7 Å². The molecule has 4 amide bonds. The van der Waals surface area contributed by atoms with Crippen LogP contribution in [0, 0.1) is 17.8 Å². The number of halogens is 2. The lowest BCUT2D eigenvalue weighted by Crippen LogP contribution is -2.68. The van der Waals surface area contributed by atoms with Crippen molar-refractivity contribution in [3.63, 3.8) is 0 Å². The molecule has 1 spiro atoms. The number of sulfonamides is 1. The summed E-state index contributed by atoms with van der Waals surface area (Å²) in [4.78, 5) is 61.2. The number of alkyl carbamates (subject to hydrolysis) is 1. The Kier molecular flexibility index (Phi) is 9.82. The Hall–Kier alpha value is -4.78. The number of benzene rings is 1. The Morgan fingerprint density at radius 1 is 1.17 bits per heavy atom. The Labute approximate surface area is 312 Å². The van der Waals surface area contributed by atoms with Crippen molar-refractivity contribution in [3.8, 4) is 17.6 Å². The highest BCUT2D eigenvalue weighted by atomic mass is 32.2. The third-order valence-corrected chi connectivity index (χ3v) is 13.4. The third-order valence-electron chi connectivity index (χ3n) is 11.3.